The molecule has 0 saturated carbocycles. The van der Waals surface area contributed by atoms with E-state index in [9.17, 15) is 19.0 Å². The third-order valence-electron chi connectivity index (χ3n) is 10.7. The zero-order valence-corrected chi connectivity index (χ0v) is 38.2. The summed E-state index contributed by atoms with van der Waals surface area (Å²) in [5, 5.41) is 0. The summed E-state index contributed by atoms with van der Waals surface area (Å²) in [6.07, 6.45) is 46.7. The average molecular weight is 830 g/mol. The number of allylic oxidation sites excluding steroid dienone is 2. The van der Waals surface area contributed by atoms with Crippen LogP contribution >= 0.6 is 7.82 Å². The van der Waals surface area contributed by atoms with Crippen molar-refractivity contribution in [3.8, 4) is 0 Å². The van der Waals surface area contributed by atoms with Crippen LogP contribution in [0.4, 0.5) is 0 Å². The zero-order valence-electron chi connectivity index (χ0n) is 37.3. The third kappa shape index (κ3) is 44.1. The Bertz CT molecular complexity index is 948. The van der Waals surface area contributed by atoms with Crippen LogP contribution in [0.15, 0.2) is 12.2 Å². The lowest BCUT2D eigenvalue weighted by Crippen LogP contribution is -2.29. The van der Waals surface area contributed by atoms with Crippen LogP contribution in [-0.2, 0) is 32.7 Å². The van der Waals surface area contributed by atoms with E-state index in [4.69, 9.17) is 24.3 Å². The summed E-state index contributed by atoms with van der Waals surface area (Å²) in [6.45, 7) is 3.77. The first-order valence-electron chi connectivity index (χ1n) is 24.2. The highest BCUT2D eigenvalue weighted by molar-refractivity contribution is 7.47. The summed E-state index contributed by atoms with van der Waals surface area (Å²) in [5.41, 5.74) is 5.36. The van der Waals surface area contributed by atoms with Crippen LogP contribution in [0.2, 0.25) is 0 Å². The molecule has 0 amide bonds. The maximum absolute atomic E-state index is 12.6. The van der Waals surface area contributed by atoms with Gasteiger partial charge < -0.3 is 20.1 Å². The zero-order chi connectivity index (χ0) is 41.8. The van der Waals surface area contributed by atoms with Crippen LogP contribution in [0.25, 0.3) is 0 Å². The Kier molecular flexibility index (Phi) is 43.3. The van der Waals surface area contributed by atoms with Crippen molar-refractivity contribution in [3.05, 3.63) is 12.2 Å². The number of ether oxygens (including phenoxy) is 2. The summed E-state index contributed by atoms with van der Waals surface area (Å²) in [6, 6.07) is 0. The second-order valence-corrected chi connectivity index (χ2v) is 17.8. The molecule has 0 spiro atoms. The van der Waals surface area contributed by atoms with Crippen LogP contribution in [0.1, 0.15) is 245 Å². The summed E-state index contributed by atoms with van der Waals surface area (Å²) < 4.78 is 32.9. The van der Waals surface area contributed by atoms with Crippen molar-refractivity contribution in [1.82, 2.24) is 0 Å². The molecule has 0 aromatic carbocycles. The number of phosphoric ester groups is 1. The van der Waals surface area contributed by atoms with E-state index >= 15 is 0 Å². The van der Waals surface area contributed by atoms with E-state index in [2.05, 4.69) is 26.0 Å². The van der Waals surface area contributed by atoms with Crippen molar-refractivity contribution in [2.75, 3.05) is 26.4 Å². The average Bonchev–Trinajstić information content (AvgIpc) is 3.20. The Balaban J connectivity index is 4.02. The lowest BCUT2D eigenvalue weighted by Gasteiger charge is -2.19. The molecule has 0 bridgehead atoms. The number of carbonyl (C=O) groups is 2. The van der Waals surface area contributed by atoms with E-state index in [1.54, 1.807) is 0 Å². The number of hydrogen-bond acceptors (Lipinski definition) is 8. The van der Waals surface area contributed by atoms with Crippen LogP contribution in [0.5, 0.6) is 0 Å². The summed E-state index contributed by atoms with van der Waals surface area (Å²) in [7, 11) is -4.37. The Morgan fingerprint density at radius 2 is 0.860 bits per heavy atom. The fraction of sp³-hybridized carbons (Fsp3) is 0.915. The van der Waals surface area contributed by atoms with Gasteiger partial charge in [0.15, 0.2) is 6.10 Å². The predicted molar refractivity (Wildman–Crippen MR) is 238 cm³/mol. The molecule has 9 nitrogen and oxygen atoms in total. The largest absolute Gasteiger partial charge is 0.472 e. The number of rotatable bonds is 46. The number of phosphoric acid groups is 1. The van der Waals surface area contributed by atoms with Gasteiger partial charge in [-0.1, -0.05) is 206 Å². The van der Waals surface area contributed by atoms with Gasteiger partial charge in [0, 0.05) is 19.4 Å². The molecule has 0 aliphatic rings. The van der Waals surface area contributed by atoms with Crippen molar-refractivity contribution in [1.29, 1.82) is 0 Å². The van der Waals surface area contributed by atoms with Crippen molar-refractivity contribution in [3.63, 3.8) is 0 Å². The van der Waals surface area contributed by atoms with Gasteiger partial charge in [-0.2, -0.15) is 0 Å². The Hall–Kier alpha value is -1.25. The lowest BCUT2D eigenvalue weighted by atomic mass is 10.0. The molecule has 0 radical (unpaired) electrons. The number of hydrogen-bond donors (Lipinski definition) is 2. The van der Waals surface area contributed by atoms with Crippen molar-refractivity contribution < 1.29 is 37.6 Å². The van der Waals surface area contributed by atoms with Crippen molar-refractivity contribution >= 4 is 19.8 Å². The minimum atomic E-state index is -4.37. The Morgan fingerprint density at radius 1 is 0.509 bits per heavy atom. The number of esters is 2. The number of unbranched alkanes of at least 4 members (excludes halogenated alkanes) is 31. The minimum Gasteiger partial charge on any atom is -0.462 e. The predicted octanol–water partition coefficient (Wildman–Crippen LogP) is 14.2. The van der Waals surface area contributed by atoms with E-state index in [1.165, 1.54) is 180 Å². The Morgan fingerprint density at radius 3 is 1.25 bits per heavy atom. The van der Waals surface area contributed by atoms with Crippen LogP contribution < -0.4 is 5.73 Å². The molecule has 2 atom stereocenters. The molecule has 0 fully saturated rings. The minimum absolute atomic E-state index is 0.0566. The molecule has 0 aromatic rings. The maximum atomic E-state index is 12.6. The van der Waals surface area contributed by atoms with Gasteiger partial charge in [-0.3, -0.25) is 18.6 Å². The maximum Gasteiger partial charge on any atom is 0.472 e. The molecule has 338 valence electrons. The van der Waals surface area contributed by atoms with Gasteiger partial charge in [-0.15, -0.1) is 0 Å². The van der Waals surface area contributed by atoms with Crippen LogP contribution in [-0.4, -0.2) is 49.3 Å². The number of nitrogens with two attached hydrogens (primary N) is 1. The Labute approximate surface area is 351 Å². The smallest absolute Gasteiger partial charge is 0.462 e. The second kappa shape index (κ2) is 44.3. The molecule has 0 heterocycles. The van der Waals surface area contributed by atoms with Gasteiger partial charge >= 0.3 is 19.8 Å². The molecule has 3 N–H and O–H groups in total. The molecule has 10 heteroatoms. The fourth-order valence-corrected chi connectivity index (χ4v) is 7.81. The molecule has 0 saturated heterocycles. The second-order valence-electron chi connectivity index (χ2n) is 16.3. The lowest BCUT2D eigenvalue weighted by molar-refractivity contribution is -0.161. The number of carbonyl (C=O) groups excluding carboxylic acids is 2. The molecule has 1 unspecified atom stereocenters. The highest BCUT2D eigenvalue weighted by Gasteiger charge is 2.26. The van der Waals surface area contributed by atoms with Gasteiger partial charge in [-0.25, -0.2) is 4.57 Å². The van der Waals surface area contributed by atoms with Crippen molar-refractivity contribution in [2.45, 2.75) is 251 Å². The van der Waals surface area contributed by atoms with Gasteiger partial charge in [0.25, 0.3) is 0 Å². The molecule has 0 rings (SSSR count). The van der Waals surface area contributed by atoms with Gasteiger partial charge in [0.05, 0.1) is 13.2 Å². The highest BCUT2D eigenvalue weighted by Crippen LogP contribution is 2.43. The first-order valence-corrected chi connectivity index (χ1v) is 25.7. The monoisotopic (exact) mass is 830 g/mol. The quantitative estimate of drug-likeness (QED) is 0.0266. The topological polar surface area (TPSA) is 134 Å². The molecule has 0 aliphatic heterocycles. The molecular weight excluding hydrogens is 737 g/mol. The first-order chi connectivity index (χ1) is 27.8. The van der Waals surface area contributed by atoms with E-state index < -0.39 is 26.5 Å². The fourth-order valence-electron chi connectivity index (χ4n) is 7.04. The SMILES string of the molecule is CCCCCCCC/C=C/CCCCCCCCCCCCCC(=O)OC[C@@H](COP(=O)(O)OCCN)OC(=O)CCCCCCCCCCCCCCCCC. The summed E-state index contributed by atoms with van der Waals surface area (Å²) in [5.74, 6) is -0.815. The molecular formula is C47H92NO8P. The van der Waals surface area contributed by atoms with E-state index in [0.29, 0.717) is 6.42 Å². The van der Waals surface area contributed by atoms with E-state index in [0.717, 1.165) is 32.1 Å². The van der Waals surface area contributed by atoms with E-state index in [1.807, 2.05) is 0 Å². The highest BCUT2D eigenvalue weighted by atomic mass is 31.2. The summed E-state index contributed by atoms with van der Waals surface area (Å²) in [4.78, 5) is 35.0. The first kappa shape index (κ1) is 55.8. The molecule has 0 aliphatic carbocycles. The standard InChI is InChI=1S/C47H92NO8P/c1-3-5-7-9-11-13-15-17-19-20-21-22-23-24-26-27-29-31-33-35-37-39-46(49)53-43-45(44-55-57(51,52)54-42-41-48)56-47(50)40-38-36-34-32-30-28-25-18-16-14-12-10-8-6-4-2/h17,19,45H,3-16,18,20-44,48H2,1-2H3,(H,51,52)/b19-17+/t45-/m0/s1. The van der Waals surface area contributed by atoms with Crippen molar-refractivity contribution in [2.24, 2.45) is 5.73 Å². The van der Waals surface area contributed by atoms with Crippen LogP contribution in [0.3, 0.4) is 0 Å². The molecule has 57 heavy (non-hydrogen) atoms. The summed E-state index contributed by atoms with van der Waals surface area (Å²) >= 11 is 0. The normalized spacial score (nSPS) is 13.3. The third-order valence-corrected chi connectivity index (χ3v) is 11.6. The van der Waals surface area contributed by atoms with Gasteiger partial charge in [0.2, 0.25) is 0 Å². The van der Waals surface area contributed by atoms with Crippen LogP contribution in [0, 0.1) is 0 Å². The van der Waals surface area contributed by atoms with Gasteiger partial charge in [0.1, 0.15) is 6.61 Å². The van der Waals surface area contributed by atoms with Gasteiger partial charge in [-0.05, 0) is 38.5 Å². The van der Waals surface area contributed by atoms with E-state index in [-0.39, 0.29) is 38.6 Å². The molecule has 0 aromatic heterocycles.